The van der Waals surface area contributed by atoms with Gasteiger partial charge in [0.05, 0.1) is 21.3 Å². The molecule has 2 rings (SSSR count). The number of nitrogens with zero attached hydrogens (tertiary/aromatic N) is 1. The van der Waals surface area contributed by atoms with Crippen molar-refractivity contribution < 1.29 is 14.2 Å². The standard InChI is InChI=1S/C19H31N3O3.HI/c1-6-19(9-7-8-10-19)13-21-18(20-2)22-14-11-15(23-3)17(25-5)16(12-14)24-4;/h11-12H,6-10,13H2,1-5H3,(H2,20,21,22);1H. The van der Waals surface area contributed by atoms with Gasteiger partial charge in [-0.25, -0.2) is 0 Å². The summed E-state index contributed by atoms with van der Waals surface area (Å²) < 4.78 is 16.2. The Morgan fingerprint density at radius 2 is 1.65 bits per heavy atom. The van der Waals surface area contributed by atoms with Crippen molar-refractivity contribution in [1.82, 2.24) is 5.32 Å². The Kier molecular flexibility index (Phi) is 9.32. The molecular formula is C19H32IN3O3. The van der Waals surface area contributed by atoms with E-state index in [2.05, 4.69) is 22.5 Å². The van der Waals surface area contributed by atoms with Crippen LogP contribution in [0.25, 0.3) is 0 Å². The molecule has 0 spiro atoms. The number of aliphatic imine (C=N–C) groups is 1. The van der Waals surface area contributed by atoms with Crippen LogP contribution in [0.3, 0.4) is 0 Å². The van der Waals surface area contributed by atoms with Crippen LogP contribution in [0.1, 0.15) is 39.0 Å². The molecule has 7 heteroatoms. The second-order valence-corrected chi connectivity index (χ2v) is 6.53. The van der Waals surface area contributed by atoms with E-state index >= 15 is 0 Å². The molecule has 0 heterocycles. The Labute approximate surface area is 174 Å². The first kappa shape index (κ1) is 22.7. The number of hydrogen-bond acceptors (Lipinski definition) is 4. The molecule has 6 nitrogen and oxygen atoms in total. The van der Waals surface area contributed by atoms with E-state index in [1.165, 1.54) is 32.1 Å². The summed E-state index contributed by atoms with van der Waals surface area (Å²) in [5.74, 6) is 2.55. The zero-order valence-electron chi connectivity index (χ0n) is 16.5. The van der Waals surface area contributed by atoms with E-state index in [0.717, 1.165) is 18.2 Å². The highest BCUT2D eigenvalue weighted by molar-refractivity contribution is 14.0. The Morgan fingerprint density at radius 3 is 2.08 bits per heavy atom. The lowest BCUT2D eigenvalue weighted by atomic mass is 9.83. The van der Waals surface area contributed by atoms with E-state index < -0.39 is 0 Å². The minimum atomic E-state index is 0. The molecule has 0 aromatic heterocycles. The van der Waals surface area contributed by atoms with Gasteiger partial charge in [0.1, 0.15) is 0 Å². The number of anilines is 1. The first-order valence-corrected chi connectivity index (χ1v) is 8.89. The quantitative estimate of drug-likeness (QED) is 0.349. The van der Waals surface area contributed by atoms with Gasteiger partial charge in [-0.05, 0) is 24.7 Å². The lowest BCUT2D eigenvalue weighted by Gasteiger charge is -2.28. The summed E-state index contributed by atoms with van der Waals surface area (Å²) in [4.78, 5) is 4.34. The number of rotatable bonds is 7. The third-order valence-electron chi connectivity index (χ3n) is 5.20. The average Bonchev–Trinajstić information content (AvgIpc) is 3.13. The van der Waals surface area contributed by atoms with E-state index in [1.54, 1.807) is 28.4 Å². The van der Waals surface area contributed by atoms with Gasteiger partial charge >= 0.3 is 0 Å². The van der Waals surface area contributed by atoms with Crippen LogP contribution in [0.5, 0.6) is 17.2 Å². The SMILES string of the molecule is CCC1(CNC(=NC)Nc2cc(OC)c(OC)c(OC)c2)CCCC1.I. The maximum absolute atomic E-state index is 5.40. The minimum absolute atomic E-state index is 0. The smallest absolute Gasteiger partial charge is 0.203 e. The second-order valence-electron chi connectivity index (χ2n) is 6.53. The largest absolute Gasteiger partial charge is 0.493 e. The Morgan fingerprint density at radius 1 is 1.08 bits per heavy atom. The molecule has 148 valence electrons. The van der Waals surface area contributed by atoms with Crippen molar-refractivity contribution in [2.75, 3.05) is 40.2 Å². The van der Waals surface area contributed by atoms with Crippen LogP contribution in [0.4, 0.5) is 5.69 Å². The molecule has 0 aliphatic heterocycles. The molecule has 0 saturated heterocycles. The molecule has 1 fully saturated rings. The maximum Gasteiger partial charge on any atom is 0.203 e. The lowest BCUT2D eigenvalue weighted by Crippen LogP contribution is -2.39. The van der Waals surface area contributed by atoms with Gasteiger partial charge in [-0.2, -0.15) is 0 Å². The Hall–Kier alpha value is -1.38. The fraction of sp³-hybridized carbons (Fsp3) is 0.632. The predicted octanol–water partition coefficient (Wildman–Crippen LogP) is 4.29. The maximum atomic E-state index is 5.40. The number of benzene rings is 1. The van der Waals surface area contributed by atoms with Crippen LogP contribution in [0.15, 0.2) is 17.1 Å². The fourth-order valence-corrected chi connectivity index (χ4v) is 3.52. The molecule has 26 heavy (non-hydrogen) atoms. The van der Waals surface area contributed by atoms with E-state index in [4.69, 9.17) is 14.2 Å². The molecule has 0 radical (unpaired) electrons. The molecule has 2 N–H and O–H groups in total. The van der Waals surface area contributed by atoms with Gasteiger partial charge in [-0.1, -0.05) is 19.8 Å². The van der Waals surface area contributed by atoms with Gasteiger partial charge in [0.25, 0.3) is 0 Å². The van der Waals surface area contributed by atoms with Gasteiger partial charge < -0.3 is 24.8 Å². The van der Waals surface area contributed by atoms with Gasteiger partial charge in [0, 0.05) is 31.4 Å². The molecule has 1 aromatic carbocycles. The number of ether oxygens (including phenoxy) is 3. The van der Waals surface area contributed by atoms with Crippen molar-refractivity contribution in [1.29, 1.82) is 0 Å². The highest BCUT2D eigenvalue weighted by Gasteiger charge is 2.31. The highest BCUT2D eigenvalue weighted by Crippen LogP contribution is 2.41. The van der Waals surface area contributed by atoms with Gasteiger partial charge in [0.15, 0.2) is 17.5 Å². The van der Waals surface area contributed by atoms with Crippen LogP contribution in [0, 0.1) is 5.41 Å². The zero-order valence-corrected chi connectivity index (χ0v) is 18.8. The Balaban J connectivity index is 0.00000338. The van der Waals surface area contributed by atoms with Crippen molar-refractivity contribution in [2.24, 2.45) is 10.4 Å². The number of nitrogens with one attached hydrogen (secondary N) is 2. The first-order valence-electron chi connectivity index (χ1n) is 8.89. The molecule has 1 aliphatic rings. The van der Waals surface area contributed by atoms with Crippen LogP contribution in [-0.2, 0) is 0 Å². The summed E-state index contributed by atoms with van der Waals surface area (Å²) in [6, 6.07) is 3.75. The summed E-state index contributed by atoms with van der Waals surface area (Å²) in [7, 11) is 6.60. The van der Waals surface area contributed by atoms with Crippen molar-refractivity contribution in [3.05, 3.63) is 12.1 Å². The Bertz CT molecular complexity index is 577. The van der Waals surface area contributed by atoms with Crippen LogP contribution in [-0.4, -0.2) is 40.9 Å². The topological polar surface area (TPSA) is 64.1 Å². The molecule has 0 bridgehead atoms. The second kappa shape index (κ2) is 10.7. The summed E-state index contributed by atoms with van der Waals surface area (Å²) in [5.41, 5.74) is 1.23. The van der Waals surface area contributed by atoms with Crippen LogP contribution < -0.4 is 24.8 Å². The van der Waals surface area contributed by atoms with E-state index in [1.807, 2.05) is 12.1 Å². The predicted molar refractivity (Wildman–Crippen MR) is 118 cm³/mol. The van der Waals surface area contributed by atoms with Crippen LogP contribution in [0.2, 0.25) is 0 Å². The fourth-order valence-electron chi connectivity index (χ4n) is 3.52. The molecule has 0 atom stereocenters. The highest BCUT2D eigenvalue weighted by atomic mass is 127. The molecular weight excluding hydrogens is 445 g/mol. The lowest BCUT2D eigenvalue weighted by molar-refractivity contribution is 0.284. The monoisotopic (exact) mass is 477 g/mol. The van der Waals surface area contributed by atoms with Crippen molar-refractivity contribution in [2.45, 2.75) is 39.0 Å². The number of halogens is 1. The van der Waals surface area contributed by atoms with Gasteiger partial charge in [0.2, 0.25) is 5.75 Å². The molecule has 1 saturated carbocycles. The van der Waals surface area contributed by atoms with Crippen molar-refractivity contribution in [3.8, 4) is 17.2 Å². The van der Waals surface area contributed by atoms with Gasteiger partial charge in [-0.3, -0.25) is 4.99 Å². The van der Waals surface area contributed by atoms with E-state index in [0.29, 0.717) is 22.7 Å². The third-order valence-corrected chi connectivity index (χ3v) is 5.20. The normalized spacial score (nSPS) is 15.8. The summed E-state index contributed by atoms with van der Waals surface area (Å²) in [5, 5.41) is 6.80. The minimum Gasteiger partial charge on any atom is -0.493 e. The third kappa shape index (κ3) is 5.31. The molecule has 1 aromatic rings. The number of hydrogen-bond donors (Lipinski definition) is 2. The van der Waals surface area contributed by atoms with E-state index in [-0.39, 0.29) is 24.0 Å². The average molecular weight is 477 g/mol. The summed E-state index contributed by atoms with van der Waals surface area (Å²) in [6.45, 7) is 3.22. The number of methoxy groups -OCH3 is 3. The van der Waals surface area contributed by atoms with E-state index in [9.17, 15) is 0 Å². The molecule has 1 aliphatic carbocycles. The van der Waals surface area contributed by atoms with Crippen molar-refractivity contribution in [3.63, 3.8) is 0 Å². The first-order chi connectivity index (χ1) is 12.1. The van der Waals surface area contributed by atoms with Gasteiger partial charge in [-0.15, -0.1) is 24.0 Å². The summed E-state index contributed by atoms with van der Waals surface area (Å²) >= 11 is 0. The summed E-state index contributed by atoms with van der Waals surface area (Å²) in [6.07, 6.45) is 6.43. The zero-order chi connectivity index (χ0) is 18.3. The van der Waals surface area contributed by atoms with Crippen LogP contribution >= 0.6 is 24.0 Å². The van der Waals surface area contributed by atoms with Crippen molar-refractivity contribution >= 4 is 35.6 Å². The number of guanidine groups is 1. The molecule has 0 amide bonds. The molecule has 0 unspecified atom stereocenters.